The van der Waals surface area contributed by atoms with Crippen molar-refractivity contribution >= 4 is 43.4 Å². The van der Waals surface area contributed by atoms with Crippen LogP contribution in [0.5, 0.6) is 0 Å². The number of likely N-dealkylation sites (tertiary alicyclic amines) is 1. The van der Waals surface area contributed by atoms with E-state index < -0.39 is 10.0 Å². The van der Waals surface area contributed by atoms with Gasteiger partial charge in [-0.1, -0.05) is 18.2 Å². The van der Waals surface area contributed by atoms with E-state index in [0.29, 0.717) is 53.6 Å². The van der Waals surface area contributed by atoms with Gasteiger partial charge in [-0.25, -0.2) is 18.1 Å². The standard InChI is InChI=1S/C20H20N4O4S2/c25-20-19-18(14-4-1-2-5-15(14)28-19)21-16(22-20)12-24-9-7-13(8-10-24)23-30(26,27)17-6-3-11-29-17/h1-6,11,13,23H,7-10,12H2,(H,21,22,25). The van der Waals surface area contributed by atoms with E-state index in [1.807, 2.05) is 24.3 Å². The summed E-state index contributed by atoms with van der Waals surface area (Å²) in [5.74, 6) is 0.580. The number of piperidine rings is 1. The molecule has 1 aliphatic rings. The fraction of sp³-hybridized carbons (Fsp3) is 0.300. The molecule has 2 N–H and O–H groups in total. The van der Waals surface area contributed by atoms with E-state index in [2.05, 4.69) is 19.6 Å². The maximum atomic E-state index is 12.4. The second kappa shape index (κ2) is 7.62. The molecule has 0 radical (unpaired) electrons. The van der Waals surface area contributed by atoms with Crippen molar-refractivity contribution < 1.29 is 12.8 Å². The third-order valence-electron chi connectivity index (χ3n) is 5.32. The topological polar surface area (TPSA) is 108 Å². The predicted molar refractivity (Wildman–Crippen MR) is 115 cm³/mol. The summed E-state index contributed by atoms with van der Waals surface area (Å²) < 4.78 is 33.6. The van der Waals surface area contributed by atoms with Gasteiger partial charge in [0.15, 0.2) is 0 Å². The van der Waals surface area contributed by atoms with Crippen molar-refractivity contribution in [2.45, 2.75) is 29.6 Å². The summed E-state index contributed by atoms with van der Waals surface area (Å²) in [7, 11) is -3.46. The number of sulfonamides is 1. The van der Waals surface area contributed by atoms with Crippen LogP contribution in [0, 0.1) is 0 Å². The quantitative estimate of drug-likeness (QED) is 0.490. The Kier molecular flexibility index (Phi) is 4.94. The predicted octanol–water partition coefficient (Wildman–Crippen LogP) is 2.67. The number of fused-ring (bicyclic) bond motifs is 3. The van der Waals surface area contributed by atoms with Crippen LogP contribution in [0.3, 0.4) is 0 Å². The zero-order chi connectivity index (χ0) is 20.7. The van der Waals surface area contributed by atoms with Crippen LogP contribution in [0.4, 0.5) is 0 Å². The van der Waals surface area contributed by atoms with Crippen molar-refractivity contribution in [1.82, 2.24) is 19.6 Å². The van der Waals surface area contributed by atoms with Crippen LogP contribution in [-0.4, -0.2) is 42.4 Å². The minimum absolute atomic E-state index is 0.0966. The summed E-state index contributed by atoms with van der Waals surface area (Å²) in [5, 5.41) is 2.58. The van der Waals surface area contributed by atoms with Gasteiger partial charge in [0.05, 0.1) is 6.54 Å². The molecule has 3 aromatic heterocycles. The Balaban J connectivity index is 1.28. The molecule has 0 saturated carbocycles. The van der Waals surface area contributed by atoms with Gasteiger partial charge in [-0.3, -0.25) is 9.69 Å². The normalized spacial score (nSPS) is 16.5. The van der Waals surface area contributed by atoms with Gasteiger partial charge in [-0.2, -0.15) is 0 Å². The molecule has 10 heteroatoms. The van der Waals surface area contributed by atoms with E-state index in [9.17, 15) is 13.2 Å². The van der Waals surface area contributed by atoms with E-state index >= 15 is 0 Å². The average molecular weight is 445 g/mol. The number of aromatic amines is 1. The molecule has 0 amide bonds. The lowest BCUT2D eigenvalue weighted by atomic mass is 10.1. The van der Waals surface area contributed by atoms with Gasteiger partial charge in [0.25, 0.3) is 5.56 Å². The molecule has 1 saturated heterocycles. The summed E-state index contributed by atoms with van der Waals surface area (Å²) >= 11 is 1.21. The van der Waals surface area contributed by atoms with Crippen molar-refractivity contribution in [1.29, 1.82) is 0 Å². The van der Waals surface area contributed by atoms with Crippen LogP contribution in [0.25, 0.3) is 22.1 Å². The van der Waals surface area contributed by atoms with E-state index in [1.54, 1.807) is 17.5 Å². The molecule has 0 aliphatic carbocycles. The van der Waals surface area contributed by atoms with Crippen LogP contribution in [-0.2, 0) is 16.6 Å². The highest BCUT2D eigenvalue weighted by atomic mass is 32.2. The van der Waals surface area contributed by atoms with E-state index in [4.69, 9.17) is 4.42 Å². The number of hydrogen-bond acceptors (Lipinski definition) is 7. The molecule has 4 heterocycles. The molecule has 156 valence electrons. The smallest absolute Gasteiger partial charge is 0.294 e. The van der Waals surface area contributed by atoms with Crippen molar-refractivity contribution in [2.75, 3.05) is 13.1 Å². The first kappa shape index (κ1) is 19.4. The molecule has 30 heavy (non-hydrogen) atoms. The highest BCUT2D eigenvalue weighted by Crippen LogP contribution is 2.25. The molecule has 0 atom stereocenters. The van der Waals surface area contributed by atoms with Crippen LogP contribution in [0.1, 0.15) is 18.7 Å². The molecular formula is C20H20N4O4S2. The van der Waals surface area contributed by atoms with Gasteiger partial charge in [0.1, 0.15) is 21.1 Å². The van der Waals surface area contributed by atoms with Gasteiger partial charge in [-0.05, 0) is 36.4 Å². The summed E-state index contributed by atoms with van der Waals surface area (Å²) in [6, 6.07) is 10.7. The Hall–Kier alpha value is -2.53. The molecule has 5 rings (SSSR count). The summed E-state index contributed by atoms with van der Waals surface area (Å²) in [4.78, 5) is 22.1. The Bertz CT molecular complexity index is 1350. The lowest BCUT2D eigenvalue weighted by Gasteiger charge is -2.31. The molecule has 1 aliphatic heterocycles. The number of thiophene rings is 1. The van der Waals surface area contributed by atoms with Crippen LogP contribution >= 0.6 is 11.3 Å². The van der Waals surface area contributed by atoms with Gasteiger partial charge in [0.2, 0.25) is 15.6 Å². The first-order chi connectivity index (χ1) is 14.5. The first-order valence-corrected chi connectivity index (χ1v) is 12.0. The molecule has 0 unspecified atom stereocenters. The lowest BCUT2D eigenvalue weighted by molar-refractivity contribution is 0.196. The van der Waals surface area contributed by atoms with Crippen molar-refractivity contribution in [3.05, 3.63) is 58.0 Å². The molecule has 1 aromatic carbocycles. The highest BCUT2D eigenvalue weighted by molar-refractivity contribution is 7.91. The van der Waals surface area contributed by atoms with Gasteiger partial charge in [0, 0.05) is 24.5 Å². The SMILES string of the molecule is O=c1[nH]c(CN2CCC(NS(=O)(=O)c3cccs3)CC2)nc2c1oc1ccccc12. The second-order valence-electron chi connectivity index (χ2n) is 7.39. The van der Waals surface area contributed by atoms with Crippen LogP contribution in [0.2, 0.25) is 0 Å². The van der Waals surface area contributed by atoms with Gasteiger partial charge >= 0.3 is 0 Å². The third kappa shape index (κ3) is 3.67. The lowest BCUT2D eigenvalue weighted by Crippen LogP contribution is -2.44. The Labute approximate surface area is 176 Å². The maximum absolute atomic E-state index is 12.4. The summed E-state index contributed by atoms with van der Waals surface area (Å²) in [6.45, 7) is 1.92. The monoisotopic (exact) mass is 444 g/mol. The molecule has 4 aromatic rings. The largest absolute Gasteiger partial charge is 0.449 e. The minimum Gasteiger partial charge on any atom is -0.449 e. The number of benzene rings is 1. The van der Waals surface area contributed by atoms with Crippen LogP contribution in [0.15, 0.2) is 55.2 Å². The van der Waals surface area contributed by atoms with E-state index in [0.717, 1.165) is 5.39 Å². The number of para-hydroxylation sites is 1. The number of rotatable bonds is 5. The molecule has 0 bridgehead atoms. The second-order valence-corrected chi connectivity index (χ2v) is 10.3. The van der Waals surface area contributed by atoms with E-state index in [1.165, 1.54) is 11.3 Å². The molecule has 8 nitrogen and oxygen atoms in total. The number of furan rings is 1. The Morgan fingerprint density at radius 1 is 1.20 bits per heavy atom. The zero-order valence-electron chi connectivity index (χ0n) is 16.0. The number of aromatic nitrogens is 2. The van der Waals surface area contributed by atoms with Gasteiger partial charge < -0.3 is 9.40 Å². The van der Waals surface area contributed by atoms with Crippen LogP contribution < -0.4 is 10.3 Å². The summed E-state index contributed by atoms with van der Waals surface area (Å²) in [6.07, 6.45) is 1.40. The van der Waals surface area contributed by atoms with E-state index in [-0.39, 0.29) is 17.2 Å². The Morgan fingerprint density at radius 2 is 2.00 bits per heavy atom. The molecule has 1 fully saturated rings. The van der Waals surface area contributed by atoms with Crippen molar-refractivity contribution in [3.8, 4) is 0 Å². The fourth-order valence-electron chi connectivity index (χ4n) is 3.84. The first-order valence-electron chi connectivity index (χ1n) is 9.68. The summed E-state index contributed by atoms with van der Waals surface area (Å²) in [5.41, 5.74) is 1.16. The minimum atomic E-state index is -3.46. The number of H-pyrrole nitrogens is 1. The maximum Gasteiger partial charge on any atom is 0.294 e. The van der Waals surface area contributed by atoms with Crippen molar-refractivity contribution in [2.24, 2.45) is 0 Å². The number of hydrogen-bond donors (Lipinski definition) is 2. The average Bonchev–Trinajstić information content (AvgIpc) is 3.39. The Morgan fingerprint density at radius 3 is 2.77 bits per heavy atom. The zero-order valence-corrected chi connectivity index (χ0v) is 17.6. The number of nitrogens with one attached hydrogen (secondary N) is 2. The highest BCUT2D eigenvalue weighted by Gasteiger charge is 2.25. The van der Waals surface area contributed by atoms with Gasteiger partial charge in [-0.15, -0.1) is 11.3 Å². The van der Waals surface area contributed by atoms with Crippen molar-refractivity contribution in [3.63, 3.8) is 0 Å². The fourth-order valence-corrected chi connectivity index (χ4v) is 6.15. The molecular weight excluding hydrogens is 424 g/mol. The third-order valence-corrected chi connectivity index (χ3v) is 8.24. The molecule has 0 spiro atoms. The number of nitrogens with zero attached hydrogens (tertiary/aromatic N) is 2.